The molecule has 5 heteroatoms. The predicted octanol–water partition coefficient (Wildman–Crippen LogP) is -0.0580. The van der Waals surface area contributed by atoms with Crippen LogP contribution in [0.5, 0.6) is 0 Å². The van der Waals surface area contributed by atoms with Crippen LogP contribution in [-0.2, 0) is 4.79 Å². The molecule has 1 aliphatic rings. The topological polar surface area (TPSA) is 76.6 Å². The van der Waals surface area contributed by atoms with Gasteiger partial charge in [0.15, 0.2) is 6.04 Å². The lowest BCUT2D eigenvalue weighted by Gasteiger charge is -2.27. The summed E-state index contributed by atoms with van der Waals surface area (Å²) in [5, 5.41) is 2.14. The van der Waals surface area contributed by atoms with E-state index in [0.29, 0.717) is 0 Å². The third-order valence-electron chi connectivity index (χ3n) is 3.72. The first kappa shape index (κ1) is 14.3. The van der Waals surface area contributed by atoms with Gasteiger partial charge < -0.3 is 10.6 Å². The minimum Gasteiger partial charge on any atom is -0.351 e. The predicted molar refractivity (Wildman–Crippen MR) is 76.9 cm³/mol. The number of carbonyl (C=O) groups excluding carboxylic acids is 2. The second kappa shape index (κ2) is 6.34. The van der Waals surface area contributed by atoms with Crippen molar-refractivity contribution in [3.8, 4) is 0 Å². The number of urea groups is 1. The van der Waals surface area contributed by atoms with Gasteiger partial charge in [0.1, 0.15) is 0 Å². The molecule has 106 valence electrons. The Balaban J connectivity index is 1.98. The average molecular weight is 274 g/mol. The number of quaternary nitrogens is 1. The Kier molecular flexibility index (Phi) is 4.53. The Morgan fingerprint density at radius 1 is 1.30 bits per heavy atom. The highest BCUT2D eigenvalue weighted by molar-refractivity contribution is 5.95. The molecule has 1 heterocycles. The summed E-state index contributed by atoms with van der Waals surface area (Å²) < 4.78 is 0. The minimum atomic E-state index is -0.793. The smallest absolute Gasteiger partial charge is 0.319 e. The fourth-order valence-electron chi connectivity index (χ4n) is 2.48. The summed E-state index contributed by atoms with van der Waals surface area (Å²) in [6.07, 6.45) is 3.09. The van der Waals surface area contributed by atoms with E-state index < -0.39 is 6.03 Å². The van der Waals surface area contributed by atoms with Gasteiger partial charge in [0, 0.05) is 6.42 Å². The van der Waals surface area contributed by atoms with E-state index in [0.717, 1.165) is 24.4 Å². The largest absolute Gasteiger partial charge is 0.351 e. The number of hydrogen-bond donors (Lipinski definition) is 3. The monoisotopic (exact) mass is 274 g/mol. The van der Waals surface area contributed by atoms with Crippen molar-refractivity contribution in [2.45, 2.75) is 19.4 Å². The van der Waals surface area contributed by atoms with Crippen LogP contribution in [0.1, 0.15) is 18.9 Å². The van der Waals surface area contributed by atoms with E-state index in [9.17, 15) is 9.59 Å². The molecule has 1 aliphatic heterocycles. The van der Waals surface area contributed by atoms with Gasteiger partial charge >= 0.3 is 6.03 Å². The first-order chi connectivity index (χ1) is 9.58. The molecular formula is C15H20N3O2+. The van der Waals surface area contributed by atoms with Crippen LogP contribution in [-0.4, -0.2) is 31.1 Å². The van der Waals surface area contributed by atoms with E-state index in [1.807, 2.05) is 25.1 Å². The Hall–Kier alpha value is -2.14. The zero-order chi connectivity index (χ0) is 14.5. The van der Waals surface area contributed by atoms with Gasteiger partial charge in [-0.05, 0) is 24.1 Å². The molecule has 0 fully saturated rings. The first-order valence-electron chi connectivity index (χ1n) is 6.77. The molecule has 20 heavy (non-hydrogen) atoms. The van der Waals surface area contributed by atoms with Crippen LogP contribution in [0.2, 0.25) is 0 Å². The summed E-state index contributed by atoms with van der Waals surface area (Å²) in [4.78, 5) is 23.6. The SMILES string of the molecule is C[C@@H](C(=O)NC(N)=O)[NH+]1CC=C(c2ccccc2)CC1. The first-order valence-corrected chi connectivity index (χ1v) is 6.77. The van der Waals surface area contributed by atoms with Crippen molar-refractivity contribution in [3.63, 3.8) is 0 Å². The van der Waals surface area contributed by atoms with Gasteiger partial charge in [-0.1, -0.05) is 30.3 Å². The lowest BCUT2D eigenvalue weighted by molar-refractivity contribution is -0.909. The number of imide groups is 1. The standard InChI is InChI=1S/C15H19N3O2/c1-11(14(19)17-15(16)20)18-9-7-13(8-10-18)12-5-3-2-4-6-12/h2-7,11H,8-10H2,1H3,(H3,16,17,19,20)/p+1/t11-/m0/s1. The molecule has 0 radical (unpaired) electrons. The van der Waals surface area contributed by atoms with Crippen LogP contribution in [0, 0.1) is 0 Å². The van der Waals surface area contributed by atoms with Gasteiger partial charge in [0.05, 0.1) is 13.1 Å². The van der Waals surface area contributed by atoms with Crippen molar-refractivity contribution in [3.05, 3.63) is 42.0 Å². The fourth-order valence-corrected chi connectivity index (χ4v) is 2.48. The minimum absolute atomic E-state index is 0.281. The lowest BCUT2D eigenvalue weighted by Crippen LogP contribution is -3.17. The zero-order valence-electron chi connectivity index (χ0n) is 11.6. The van der Waals surface area contributed by atoms with Gasteiger partial charge in [0.2, 0.25) is 0 Å². The van der Waals surface area contributed by atoms with Crippen molar-refractivity contribution < 1.29 is 14.5 Å². The second-order valence-corrected chi connectivity index (χ2v) is 5.03. The molecule has 0 saturated carbocycles. The van der Waals surface area contributed by atoms with Gasteiger partial charge in [-0.2, -0.15) is 0 Å². The number of rotatable bonds is 3. The summed E-state index contributed by atoms with van der Waals surface area (Å²) in [6.45, 7) is 3.46. The summed E-state index contributed by atoms with van der Waals surface area (Å²) in [5.41, 5.74) is 7.52. The van der Waals surface area contributed by atoms with Gasteiger partial charge in [-0.15, -0.1) is 0 Å². The Bertz CT molecular complexity index is 525. The van der Waals surface area contributed by atoms with Crippen molar-refractivity contribution in [2.24, 2.45) is 5.73 Å². The number of benzene rings is 1. The Morgan fingerprint density at radius 2 is 2.00 bits per heavy atom. The Labute approximate surface area is 118 Å². The van der Waals surface area contributed by atoms with Crippen LogP contribution >= 0.6 is 0 Å². The van der Waals surface area contributed by atoms with E-state index in [-0.39, 0.29) is 11.9 Å². The molecule has 0 aliphatic carbocycles. The number of primary amides is 1. The molecule has 1 aromatic carbocycles. The van der Waals surface area contributed by atoms with Crippen molar-refractivity contribution in [1.82, 2.24) is 5.32 Å². The Morgan fingerprint density at radius 3 is 2.55 bits per heavy atom. The maximum atomic E-state index is 11.8. The molecule has 0 bridgehead atoms. The van der Waals surface area contributed by atoms with Crippen LogP contribution in [0.15, 0.2) is 36.4 Å². The van der Waals surface area contributed by atoms with E-state index in [1.165, 1.54) is 11.1 Å². The molecular weight excluding hydrogens is 254 g/mol. The fraction of sp³-hybridized carbons (Fsp3) is 0.333. The number of hydrogen-bond acceptors (Lipinski definition) is 2. The molecule has 4 N–H and O–H groups in total. The number of nitrogens with two attached hydrogens (primary N) is 1. The molecule has 5 nitrogen and oxygen atoms in total. The zero-order valence-corrected chi connectivity index (χ0v) is 11.6. The molecule has 0 saturated heterocycles. The molecule has 0 spiro atoms. The van der Waals surface area contributed by atoms with E-state index in [4.69, 9.17) is 5.73 Å². The maximum absolute atomic E-state index is 11.8. The van der Waals surface area contributed by atoms with Gasteiger partial charge in [-0.3, -0.25) is 10.1 Å². The normalized spacial score (nSPS) is 19.9. The third kappa shape index (κ3) is 3.45. The second-order valence-electron chi connectivity index (χ2n) is 5.03. The molecule has 2 atom stereocenters. The number of nitrogens with one attached hydrogen (secondary N) is 2. The molecule has 3 amide bonds. The van der Waals surface area contributed by atoms with Crippen molar-refractivity contribution in [1.29, 1.82) is 0 Å². The highest BCUT2D eigenvalue weighted by Gasteiger charge is 2.27. The number of carbonyl (C=O) groups is 2. The van der Waals surface area contributed by atoms with Crippen LogP contribution in [0.25, 0.3) is 5.57 Å². The van der Waals surface area contributed by atoms with Gasteiger partial charge in [-0.25, -0.2) is 4.79 Å². The highest BCUT2D eigenvalue weighted by atomic mass is 16.2. The molecule has 1 unspecified atom stereocenters. The maximum Gasteiger partial charge on any atom is 0.319 e. The lowest BCUT2D eigenvalue weighted by atomic mass is 9.99. The number of amides is 3. The van der Waals surface area contributed by atoms with E-state index >= 15 is 0 Å². The van der Waals surface area contributed by atoms with Crippen LogP contribution in [0.3, 0.4) is 0 Å². The summed E-state index contributed by atoms with van der Waals surface area (Å²) in [5.74, 6) is -0.316. The summed E-state index contributed by atoms with van der Waals surface area (Å²) in [7, 11) is 0. The van der Waals surface area contributed by atoms with Crippen LogP contribution < -0.4 is 16.0 Å². The van der Waals surface area contributed by atoms with Crippen molar-refractivity contribution in [2.75, 3.05) is 13.1 Å². The quantitative estimate of drug-likeness (QED) is 0.722. The van der Waals surface area contributed by atoms with Crippen molar-refractivity contribution >= 4 is 17.5 Å². The summed E-state index contributed by atoms with van der Waals surface area (Å²) in [6, 6.07) is 9.17. The molecule has 2 rings (SSSR count). The third-order valence-corrected chi connectivity index (χ3v) is 3.72. The van der Waals surface area contributed by atoms with Crippen LogP contribution in [0.4, 0.5) is 4.79 Å². The average Bonchev–Trinajstić information content (AvgIpc) is 2.47. The highest BCUT2D eigenvalue weighted by Crippen LogP contribution is 2.17. The van der Waals surface area contributed by atoms with Gasteiger partial charge in [0.25, 0.3) is 5.91 Å². The summed E-state index contributed by atoms with van der Waals surface area (Å²) >= 11 is 0. The molecule has 1 aromatic rings. The van der Waals surface area contributed by atoms with E-state index in [1.54, 1.807) is 0 Å². The van der Waals surface area contributed by atoms with E-state index in [2.05, 4.69) is 23.5 Å². The molecule has 0 aromatic heterocycles.